The van der Waals surface area contributed by atoms with Crippen LogP contribution in [0.25, 0.3) is 0 Å². The summed E-state index contributed by atoms with van der Waals surface area (Å²) in [6, 6.07) is 4.67. The van der Waals surface area contributed by atoms with Gasteiger partial charge in [-0.2, -0.15) is 0 Å². The van der Waals surface area contributed by atoms with Gasteiger partial charge in [0.05, 0.1) is 11.5 Å². The van der Waals surface area contributed by atoms with Crippen LogP contribution in [0, 0.1) is 46.3 Å². The van der Waals surface area contributed by atoms with E-state index in [0.29, 0.717) is 18.4 Å². The first-order valence-corrected chi connectivity index (χ1v) is 14.3. The molecule has 8 atom stereocenters. The highest BCUT2D eigenvalue weighted by molar-refractivity contribution is 6.32. The molecule has 8 nitrogen and oxygen atoms in total. The number of phenolic OH excluding ortho intramolecular Hbond substituents is 1. The van der Waals surface area contributed by atoms with Crippen molar-refractivity contribution < 1.29 is 39.0 Å². The fourth-order valence-electron chi connectivity index (χ4n) is 9.05. The summed E-state index contributed by atoms with van der Waals surface area (Å²) in [5.41, 5.74) is -5.40. The van der Waals surface area contributed by atoms with Crippen molar-refractivity contribution in [3.8, 4) is 5.75 Å². The third-order valence-electron chi connectivity index (χ3n) is 11.4. The van der Waals surface area contributed by atoms with Crippen LogP contribution in [0.4, 0.5) is 0 Å². The molecule has 214 valence electrons. The highest BCUT2D eigenvalue weighted by Gasteiger charge is 2.80. The molecule has 0 radical (unpaired) electrons. The minimum Gasteiger partial charge on any atom is -0.507 e. The first-order valence-electron chi connectivity index (χ1n) is 14.3. The second-order valence-electron chi connectivity index (χ2n) is 13.4. The number of benzene rings is 1. The Labute approximate surface area is 233 Å². The molecule has 0 spiro atoms. The van der Waals surface area contributed by atoms with Crippen LogP contribution in [0.1, 0.15) is 89.1 Å². The van der Waals surface area contributed by atoms with Crippen LogP contribution in [0.3, 0.4) is 0 Å². The van der Waals surface area contributed by atoms with Gasteiger partial charge in [0.1, 0.15) is 23.2 Å². The lowest BCUT2D eigenvalue weighted by atomic mass is 9.34. The van der Waals surface area contributed by atoms with Crippen molar-refractivity contribution in [3.63, 3.8) is 0 Å². The van der Waals surface area contributed by atoms with Crippen LogP contribution < -0.4 is 0 Å². The minimum absolute atomic E-state index is 0.0371. The summed E-state index contributed by atoms with van der Waals surface area (Å²) in [5, 5.41) is 23.2. The minimum atomic E-state index is -2.85. The Morgan fingerprint density at radius 1 is 1.05 bits per heavy atom. The van der Waals surface area contributed by atoms with Crippen molar-refractivity contribution in [1.82, 2.24) is 0 Å². The number of carbonyl (C=O) groups is 6. The quantitative estimate of drug-likeness (QED) is 0.529. The number of hydrogen-bond donors (Lipinski definition) is 2. The zero-order valence-electron chi connectivity index (χ0n) is 23.9. The Hall–Kier alpha value is -3.00. The van der Waals surface area contributed by atoms with Crippen molar-refractivity contribution in [2.24, 2.45) is 46.3 Å². The predicted molar refractivity (Wildman–Crippen MR) is 143 cm³/mol. The zero-order valence-corrected chi connectivity index (χ0v) is 23.9. The van der Waals surface area contributed by atoms with E-state index in [2.05, 4.69) is 0 Å². The van der Waals surface area contributed by atoms with Gasteiger partial charge in [-0.3, -0.25) is 28.8 Å². The fraction of sp³-hybridized carbons (Fsp3) is 0.625. The molecule has 3 unspecified atom stereocenters. The van der Waals surface area contributed by atoms with E-state index in [4.69, 9.17) is 0 Å². The van der Waals surface area contributed by atoms with Crippen molar-refractivity contribution in [2.45, 2.75) is 78.7 Å². The number of aliphatic hydroxyl groups is 1. The lowest BCUT2D eigenvalue weighted by Gasteiger charge is -2.67. The number of ketones is 6. The highest BCUT2D eigenvalue weighted by Crippen LogP contribution is 2.70. The summed E-state index contributed by atoms with van der Waals surface area (Å²) in [7, 11) is 0. The topological polar surface area (TPSA) is 143 Å². The standard InChI is InChI=1S/C32H38O8/c1-14(2)24-26(36)22(16(4)33)28(38)32(40)29(39)25-27(37)23-18(11-8-12-19(23)34)15(3)30(25,5)21(31(24,32)6)13-20(35)17-9-7-10-17/h8,11-12,14-15,17,21-22,24-25,34,40H,7,9-10,13H2,1-6H3/t15-,21-,22?,24?,25?,30-,31-,32+/m1/s1. The Morgan fingerprint density at radius 3 is 2.20 bits per heavy atom. The predicted octanol–water partition coefficient (Wildman–Crippen LogP) is 3.64. The number of aromatic hydroxyl groups is 1. The first kappa shape index (κ1) is 28.5. The van der Waals surface area contributed by atoms with Gasteiger partial charge in [0.15, 0.2) is 28.7 Å². The fourth-order valence-corrected chi connectivity index (χ4v) is 9.05. The van der Waals surface area contributed by atoms with Gasteiger partial charge in [-0.25, -0.2) is 0 Å². The average Bonchev–Trinajstić information content (AvgIpc) is 2.82. The third kappa shape index (κ3) is 3.23. The van der Waals surface area contributed by atoms with Crippen LogP contribution in [-0.2, 0) is 24.0 Å². The van der Waals surface area contributed by atoms with Gasteiger partial charge >= 0.3 is 0 Å². The number of fused-ring (bicyclic) bond motifs is 3. The zero-order chi connectivity index (χ0) is 29.7. The summed E-state index contributed by atoms with van der Waals surface area (Å²) in [6.07, 6.45) is 2.22. The van der Waals surface area contributed by atoms with E-state index in [-0.39, 0.29) is 29.4 Å². The molecule has 0 saturated heterocycles. The Morgan fingerprint density at radius 2 is 1.68 bits per heavy atom. The molecule has 4 aliphatic carbocycles. The summed E-state index contributed by atoms with van der Waals surface area (Å²) in [5.74, 6) is -11.4. The molecule has 0 aliphatic heterocycles. The SMILES string of the molecule is CC(=O)C1C(=O)C(C(C)C)[C@@]2(C)[C@H](CC(=O)C3CCC3)[C@]3(C)C(C(=O)c4c(O)cccc4[C@H]3C)C(=O)[C@@]2(O)C1=O. The van der Waals surface area contributed by atoms with Crippen molar-refractivity contribution in [2.75, 3.05) is 0 Å². The maximum Gasteiger partial charge on any atom is 0.190 e. The molecule has 5 rings (SSSR count). The lowest BCUT2D eigenvalue weighted by molar-refractivity contribution is -0.226. The number of rotatable bonds is 5. The number of carbonyl (C=O) groups excluding carboxylic acids is 6. The van der Waals surface area contributed by atoms with Crippen LogP contribution in [-0.4, -0.2) is 50.5 Å². The summed E-state index contributed by atoms with van der Waals surface area (Å²) >= 11 is 0. The third-order valence-corrected chi connectivity index (χ3v) is 11.4. The molecule has 1 aromatic carbocycles. The van der Waals surface area contributed by atoms with Gasteiger partial charge < -0.3 is 10.2 Å². The molecular weight excluding hydrogens is 512 g/mol. The molecular formula is C32H38O8. The Balaban J connectivity index is 1.85. The molecule has 3 saturated carbocycles. The van der Waals surface area contributed by atoms with E-state index in [0.717, 1.165) is 13.3 Å². The van der Waals surface area contributed by atoms with E-state index >= 15 is 0 Å². The van der Waals surface area contributed by atoms with Gasteiger partial charge in [-0.05, 0) is 54.6 Å². The van der Waals surface area contributed by atoms with Crippen molar-refractivity contribution >= 4 is 34.7 Å². The lowest BCUT2D eigenvalue weighted by Crippen LogP contribution is -2.80. The van der Waals surface area contributed by atoms with E-state index in [1.165, 1.54) is 13.0 Å². The van der Waals surface area contributed by atoms with E-state index in [1.807, 2.05) is 6.92 Å². The molecule has 0 heterocycles. The molecule has 2 N–H and O–H groups in total. The van der Waals surface area contributed by atoms with E-state index in [1.54, 1.807) is 32.9 Å². The van der Waals surface area contributed by atoms with E-state index in [9.17, 15) is 39.0 Å². The molecule has 8 heteroatoms. The molecule has 0 amide bonds. The van der Waals surface area contributed by atoms with Crippen molar-refractivity contribution in [3.05, 3.63) is 29.3 Å². The van der Waals surface area contributed by atoms with Gasteiger partial charge in [-0.1, -0.05) is 53.2 Å². The molecule has 4 aliphatic rings. The maximum absolute atomic E-state index is 14.6. The Bertz CT molecular complexity index is 1370. The van der Waals surface area contributed by atoms with Crippen LogP contribution in [0.15, 0.2) is 18.2 Å². The molecule has 1 aromatic rings. The molecule has 40 heavy (non-hydrogen) atoms. The largest absolute Gasteiger partial charge is 0.507 e. The highest BCUT2D eigenvalue weighted by atomic mass is 16.3. The monoisotopic (exact) mass is 550 g/mol. The summed E-state index contributed by atoms with van der Waals surface area (Å²) in [6.45, 7) is 9.69. The number of Topliss-reactive ketones (excluding diaryl/α,β-unsaturated/α-hetero) is 6. The van der Waals surface area contributed by atoms with Crippen LogP contribution in [0.5, 0.6) is 5.75 Å². The normalized spacial score (nSPS) is 39.4. The summed E-state index contributed by atoms with van der Waals surface area (Å²) < 4.78 is 0. The van der Waals surface area contributed by atoms with E-state index < -0.39 is 80.9 Å². The molecule has 3 fully saturated rings. The molecule has 0 aromatic heterocycles. The van der Waals surface area contributed by atoms with Crippen molar-refractivity contribution in [1.29, 1.82) is 0 Å². The number of hydrogen-bond acceptors (Lipinski definition) is 8. The average molecular weight is 551 g/mol. The van der Waals surface area contributed by atoms with Gasteiger partial charge in [0.2, 0.25) is 0 Å². The van der Waals surface area contributed by atoms with Gasteiger partial charge in [-0.15, -0.1) is 0 Å². The second-order valence-corrected chi connectivity index (χ2v) is 13.4. The van der Waals surface area contributed by atoms with Gasteiger partial charge in [0.25, 0.3) is 0 Å². The maximum atomic E-state index is 14.6. The Kier molecular flexibility index (Phi) is 6.42. The first-order chi connectivity index (χ1) is 18.6. The van der Waals surface area contributed by atoms with Gasteiger partial charge in [0, 0.05) is 23.7 Å². The smallest absolute Gasteiger partial charge is 0.190 e. The van der Waals surface area contributed by atoms with Crippen LogP contribution >= 0.6 is 0 Å². The molecule has 0 bridgehead atoms. The van der Waals surface area contributed by atoms with Crippen LogP contribution in [0.2, 0.25) is 0 Å². The second kappa shape index (κ2) is 9.00. The number of phenols is 1. The summed E-state index contributed by atoms with van der Waals surface area (Å²) in [4.78, 5) is 83.2.